The molecule has 1 fully saturated rings. The van der Waals surface area contributed by atoms with E-state index in [1.807, 2.05) is 12.1 Å². The van der Waals surface area contributed by atoms with Gasteiger partial charge in [-0.15, -0.1) is 0 Å². The van der Waals surface area contributed by atoms with Crippen molar-refractivity contribution in [1.82, 2.24) is 5.32 Å². The average Bonchev–Trinajstić information content (AvgIpc) is 2.72. The Morgan fingerprint density at radius 3 is 2.52 bits per heavy atom. The first-order valence-electron chi connectivity index (χ1n) is 9.03. The number of methoxy groups -OCH3 is 1. The van der Waals surface area contributed by atoms with Gasteiger partial charge in [0, 0.05) is 12.3 Å². The number of benzene rings is 2. The molecule has 0 radical (unpaired) electrons. The lowest BCUT2D eigenvalue weighted by atomic mass is 9.96. The minimum atomic E-state index is -1.47. The number of rotatable bonds is 5. The third-order valence-corrected chi connectivity index (χ3v) is 4.77. The second kappa shape index (κ2) is 8.75. The quantitative estimate of drug-likeness (QED) is 0.509. The highest BCUT2D eigenvalue weighted by atomic mass is 16.7. The summed E-state index contributed by atoms with van der Waals surface area (Å²) in [5, 5.41) is 33.9. The summed E-state index contributed by atoms with van der Waals surface area (Å²) >= 11 is 0. The summed E-state index contributed by atoms with van der Waals surface area (Å²) in [6, 6.07) is 9.27. The van der Waals surface area contributed by atoms with Gasteiger partial charge in [0.1, 0.15) is 35.7 Å². The highest BCUT2D eigenvalue weighted by Gasteiger charge is 2.46. The number of carbonyl (C=O) groups excluding carboxylic acids is 2. The average molecular weight is 405 g/mol. The summed E-state index contributed by atoms with van der Waals surface area (Å²) < 4.78 is 16.4. The van der Waals surface area contributed by atoms with Crippen LogP contribution in [0.25, 0.3) is 10.8 Å². The van der Waals surface area contributed by atoms with E-state index in [2.05, 4.69) is 5.32 Å². The van der Waals surface area contributed by atoms with Gasteiger partial charge in [0.05, 0.1) is 13.7 Å². The second-order valence-corrected chi connectivity index (χ2v) is 6.71. The van der Waals surface area contributed by atoms with E-state index in [1.165, 1.54) is 20.1 Å². The molecule has 1 aliphatic heterocycles. The summed E-state index contributed by atoms with van der Waals surface area (Å²) in [5.74, 6) is -0.987. The number of amides is 1. The van der Waals surface area contributed by atoms with Crippen molar-refractivity contribution < 1.29 is 39.1 Å². The molecule has 1 aliphatic rings. The maximum Gasteiger partial charge on any atom is 0.341 e. The molecule has 9 nitrogen and oxygen atoms in total. The lowest BCUT2D eigenvalue weighted by Crippen LogP contribution is -2.65. The highest BCUT2D eigenvalue weighted by Crippen LogP contribution is 2.33. The van der Waals surface area contributed by atoms with Gasteiger partial charge in [-0.25, -0.2) is 4.79 Å². The first-order chi connectivity index (χ1) is 13.9. The molecule has 1 amide bonds. The normalized spacial score (nSPS) is 26.7. The Kier molecular flexibility index (Phi) is 6.33. The van der Waals surface area contributed by atoms with Crippen molar-refractivity contribution in [3.05, 3.63) is 42.0 Å². The van der Waals surface area contributed by atoms with Crippen molar-refractivity contribution in [3.8, 4) is 5.75 Å². The van der Waals surface area contributed by atoms with Crippen LogP contribution in [0, 0.1) is 0 Å². The van der Waals surface area contributed by atoms with Crippen LogP contribution in [0.15, 0.2) is 36.4 Å². The fourth-order valence-corrected chi connectivity index (χ4v) is 3.33. The number of hydrogen-bond donors (Lipinski definition) is 4. The van der Waals surface area contributed by atoms with Crippen molar-refractivity contribution in [2.75, 3.05) is 13.7 Å². The molecule has 2 aromatic rings. The molecule has 0 unspecified atom stereocenters. The molecular weight excluding hydrogens is 382 g/mol. The van der Waals surface area contributed by atoms with Crippen molar-refractivity contribution >= 4 is 22.6 Å². The zero-order chi connectivity index (χ0) is 21.1. The van der Waals surface area contributed by atoms with Gasteiger partial charge in [0.25, 0.3) is 0 Å². The van der Waals surface area contributed by atoms with E-state index in [1.54, 1.807) is 18.2 Å². The third kappa shape index (κ3) is 4.18. The van der Waals surface area contributed by atoms with Gasteiger partial charge in [-0.3, -0.25) is 4.79 Å². The summed E-state index contributed by atoms with van der Waals surface area (Å²) in [7, 11) is 1.24. The van der Waals surface area contributed by atoms with Crippen LogP contribution in [0.4, 0.5) is 0 Å². The van der Waals surface area contributed by atoms with Crippen molar-refractivity contribution in [3.63, 3.8) is 0 Å². The number of esters is 1. The topological polar surface area (TPSA) is 135 Å². The molecular formula is C20H23NO8. The summed E-state index contributed by atoms with van der Waals surface area (Å²) in [6.45, 7) is 0.663. The molecule has 0 saturated carbocycles. The molecule has 156 valence electrons. The van der Waals surface area contributed by atoms with E-state index >= 15 is 0 Å². The van der Waals surface area contributed by atoms with Crippen molar-refractivity contribution in [1.29, 1.82) is 0 Å². The Morgan fingerprint density at radius 2 is 1.86 bits per heavy atom. The minimum absolute atomic E-state index is 0.123. The molecule has 3 rings (SSSR count). The number of fused-ring (bicyclic) bond motifs is 1. The number of aliphatic hydroxyl groups is 3. The molecule has 0 aromatic heterocycles. The molecule has 2 aromatic carbocycles. The van der Waals surface area contributed by atoms with E-state index in [0.717, 1.165) is 5.39 Å². The largest absolute Gasteiger partial charge is 0.465 e. The smallest absolute Gasteiger partial charge is 0.341 e. The Bertz CT molecular complexity index is 901. The van der Waals surface area contributed by atoms with Crippen LogP contribution in [0.3, 0.4) is 0 Å². The van der Waals surface area contributed by atoms with Crippen molar-refractivity contribution in [2.45, 2.75) is 37.6 Å². The van der Waals surface area contributed by atoms with Crippen LogP contribution in [-0.4, -0.2) is 71.6 Å². The monoisotopic (exact) mass is 405 g/mol. The Labute approximate surface area is 166 Å². The number of aliphatic hydroxyl groups excluding tert-OH is 3. The summed E-state index contributed by atoms with van der Waals surface area (Å²) in [4.78, 5) is 23.9. The lowest BCUT2D eigenvalue weighted by molar-refractivity contribution is -0.244. The molecule has 1 saturated heterocycles. The first kappa shape index (κ1) is 21.0. The third-order valence-electron chi connectivity index (χ3n) is 4.77. The number of nitrogens with one attached hydrogen (secondary N) is 1. The summed E-state index contributed by atoms with van der Waals surface area (Å²) in [5.41, 5.74) is 0.123. The fraction of sp³-hybridized carbons (Fsp3) is 0.400. The van der Waals surface area contributed by atoms with Crippen LogP contribution >= 0.6 is 0 Å². The van der Waals surface area contributed by atoms with Crippen LogP contribution in [0.1, 0.15) is 17.3 Å². The van der Waals surface area contributed by atoms with Crippen LogP contribution in [0.5, 0.6) is 5.75 Å². The summed E-state index contributed by atoms with van der Waals surface area (Å²) in [6.07, 6.45) is -5.34. The highest BCUT2D eigenvalue weighted by molar-refractivity contribution is 6.01. The molecule has 0 spiro atoms. The number of ether oxygens (including phenoxy) is 3. The van der Waals surface area contributed by atoms with Crippen molar-refractivity contribution in [2.24, 2.45) is 0 Å². The SMILES string of the molecule is COC(=O)c1ccc2ccccc2c1O[C@@H]1O[C@H](CO)[C@@H](O)[C@@H](O)[C@@H]1NC(C)=O. The fourth-order valence-electron chi connectivity index (χ4n) is 3.33. The second-order valence-electron chi connectivity index (χ2n) is 6.71. The van der Waals surface area contributed by atoms with E-state index in [9.17, 15) is 24.9 Å². The zero-order valence-corrected chi connectivity index (χ0v) is 15.9. The molecule has 0 bridgehead atoms. The molecule has 0 aliphatic carbocycles. The molecule has 29 heavy (non-hydrogen) atoms. The Hall–Kier alpha value is -2.72. The van der Waals surface area contributed by atoms with Gasteiger partial charge in [-0.2, -0.15) is 0 Å². The standard InChI is InChI=1S/C20H23NO8/c1-10(23)21-15-17(25)16(24)14(9-22)28-20(15)29-18-12-6-4-3-5-11(12)7-8-13(18)19(26)27-2/h3-8,14-17,20,22,24-25H,9H2,1-2H3,(H,21,23)/t14-,15+,16-,17+,20+/m1/s1. The van der Waals surface area contributed by atoms with Gasteiger partial charge >= 0.3 is 5.97 Å². The van der Waals surface area contributed by atoms with E-state index in [0.29, 0.717) is 5.39 Å². The van der Waals surface area contributed by atoms with E-state index in [4.69, 9.17) is 14.2 Å². The lowest BCUT2D eigenvalue weighted by Gasteiger charge is -2.42. The molecule has 5 atom stereocenters. The van der Waals surface area contributed by atoms with Gasteiger partial charge in [-0.05, 0) is 11.5 Å². The van der Waals surface area contributed by atoms with Gasteiger partial charge in [0.15, 0.2) is 0 Å². The predicted octanol–water partition coefficient (Wildman–Crippen LogP) is -0.0511. The first-order valence-corrected chi connectivity index (χ1v) is 9.03. The molecule has 9 heteroatoms. The van der Waals surface area contributed by atoms with Crippen LogP contribution in [0.2, 0.25) is 0 Å². The predicted molar refractivity (Wildman–Crippen MR) is 101 cm³/mol. The van der Waals surface area contributed by atoms with Crippen LogP contribution in [-0.2, 0) is 14.3 Å². The Balaban J connectivity index is 2.06. The van der Waals surface area contributed by atoms with E-state index in [-0.39, 0.29) is 11.3 Å². The molecule has 4 N–H and O–H groups in total. The van der Waals surface area contributed by atoms with Gasteiger partial charge in [-0.1, -0.05) is 30.3 Å². The van der Waals surface area contributed by atoms with Gasteiger partial charge in [0.2, 0.25) is 12.2 Å². The van der Waals surface area contributed by atoms with Crippen LogP contribution < -0.4 is 10.1 Å². The zero-order valence-electron chi connectivity index (χ0n) is 15.9. The maximum atomic E-state index is 12.3. The number of hydrogen-bond acceptors (Lipinski definition) is 8. The van der Waals surface area contributed by atoms with E-state index < -0.39 is 49.1 Å². The Morgan fingerprint density at radius 1 is 1.14 bits per heavy atom. The maximum absolute atomic E-state index is 12.3. The molecule has 1 heterocycles. The minimum Gasteiger partial charge on any atom is -0.465 e. The van der Waals surface area contributed by atoms with Gasteiger partial charge < -0.3 is 34.8 Å². The number of carbonyl (C=O) groups is 2.